The van der Waals surface area contributed by atoms with Crippen LogP contribution in [0, 0.1) is 0 Å². The third kappa shape index (κ3) is 5.04. The highest BCUT2D eigenvalue weighted by molar-refractivity contribution is 6.33. The molecule has 0 unspecified atom stereocenters. The van der Waals surface area contributed by atoms with Crippen molar-refractivity contribution in [1.82, 2.24) is 0 Å². The maximum Gasteiger partial charge on any atom is 0.337 e. The first-order chi connectivity index (χ1) is 16.0. The summed E-state index contributed by atoms with van der Waals surface area (Å²) in [6.07, 6.45) is 0. The lowest BCUT2D eigenvalue weighted by atomic mass is 10.1. The highest BCUT2D eigenvalue weighted by Gasteiger charge is 2.23. The van der Waals surface area contributed by atoms with Gasteiger partial charge < -0.3 is 25.0 Å². The van der Waals surface area contributed by atoms with Gasteiger partial charge in [-0.15, -0.1) is 0 Å². The molecular formula is C25H24ClN3O4. The number of carbonyl (C=O) groups excluding carboxylic acids is 1. The molecule has 4 rings (SSSR count). The number of nitrogens with one attached hydrogen (secondary N) is 1. The van der Waals surface area contributed by atoms with Crippen molar-refractivity contribution in [3.63, 3.8) is 0 Å². The largest absolute Gasteiger partial charge is 0.497 e. The van der Waals surface area contributed by atoms with E-state index in [0.717, 1.165) is 18.8 Å². The van der Waals surface area contributed by atoms with E-state index in [-0.39, 0.29) is 11.5 Å². The second kappa shape index (κ2) is 9.83. The molecule has 0 radical (unpaired) electrons. The van der Waals surface area contributed by atoms with E-state index in [1.807, 2.05) is 29.2 Å². The zero-order valence-corrected chi connectivity index (χ0v) is 18.9. The summed E-state index contributed by atoms with van der Waals surface area (Å²) in [5, 5.41) is 13.3. The SMILES string of the molecule is COc1ccc(C(=O)Nc2ccc(N3CCN(c4ccccc4Cl)CC3)c(C(=O)O)c2)cc1. The first kappa shape index (κ1) is 22.5. The van der Waals surface area contributed by atoms with Gasteiger partial charge in [-0.1, -0.05) is 23.7 Å². The number of carboxylic acids is 1. The number of aromatic carboxylic acids is 1. The Labute approximate surface area is 197 Å². The number of carbonyl (C=O) groups is 2. The third-order valence-electron chi connectivity index (χ3n) is 5.65. The van der Waals surface area contributed by atoms with E-state index in [0.29, 0.717) is 40.8 Å². The lowest BCUT2D eigenvalue weighted by Crippen LogP contribution is -2.47. The number of anilines is 3. The van der Waals surface area contributed by atoms with Crippen molar-refractivity contribution in [2.24, 2.45) is 0 Å². The molecule has 1 aliphatic heterocycles. The zero-order valence-electron chi connectivity index (χ0n) is 18.1. The van der Waals surface area contributed by atoms with E-state index in [2.05, 4.69) is 10.2 Å². The maximum atomic E-state index is 12.6. The Morgan fingerprint density at radius 1 is 0.909 bits per heavy atom. The molecule has 2 N–H and O–H groups in total. The van der Waals surface area contributed by atoms with Crippen LogP contribution in [0.4, 0.5) is 17.1 Å². The van der Waals surface area contributed by atoms with Crippen LogP contribution in [0.2, 0.25) is 5.02 Å². The summed E-state index contributed by atoms with van der Waals surface area (Å²) in [4.78, 5) is 28.8. The summed E-state index contributed by atoms with van der Waals surface area (Å²) in [5.41, 5.74) is 2.63. The van der Waals surface area contributed by atoms with Gasteiger partial charge in [-0.3, -0.25) is 4.79 Å². The molecule has 0 aliphatic carbocycles. The quantitative estimate of drug-likeness (QED) is 0.552. The number of rotatable bonds is 6. The molecule has 1 aliphatic rings. The van der Waals surface area contributed by atoms with E-state index in [1.165, 1.54) is 6.07 Å². The standard InChI is InChI=1S/C25H24ClN3O4/c1-33-19-9-6-17(7-10-19)24(30)27-18-8-11-22(20(16-18)25(31)32)28-12-14-29(15-13-28)23-5-3-2-4-21(23)26/h2-11,16H,12-15H2,1H3,(H,27,30)(H,31,32). The van der Waals surface area contributed by atoms with Gasteiger partial charge in [0.2, 0.25) is 0 Å². The van der Waals surface area contributed by atoms with Crippen LogP contribution in [0.3, 0.4) is 0 Å². The molecule has 0 bridgehead atoms. The number of hydrogen-bond donors (Lipinski definition) is 2. The summed E-state index contributed by atoms with van der Waals surface area (Å²) in [6, 6.07) is 19.4. The fourth-order valence-electron chi connectivity index (χ4n) is 3.90. The summed E-state index contributed by atoms with van der Waals surface area (Å²) >= 11 is 6.32. The van der Waals surface area contributed by atoms with E-state index in [9.17, 15) is 14.7 Å². The van der Waals surface area contributed by atoms with E-state index in [4.69, 9.17) is 16.3 Å². The van der Waals surface area contributed by atoms with Gasteiger partial charge >= 0.3 is 5.97 Å². The minimum Gasteiger partial charge on any atom is -0.497 e. The maximum absolute atomic E-state index is 12.6. The fourth-order valence-corrected chi connectivity index (χ4v) is 4.16. The number of para-hydroxylation sites is 1. The van der Waals surface area contributed by atoms with Crippen LogP contribution in [0.1, 0.15) is 20.7 Å². The smallest absolute Gasteiger partial charge is 0.337 e. The van der Waals surface area contributed by atoms with Crippen molar-refractivity contribution in [3.05, 3.63) is 82.9 Å². The number of piperazine rings is 1. The van der Waals surface area contributed by atoms with Gasteiger partial charge in [-0.2, -0.15) is 0 Å². The molecule has 1 fully saturated rings. The molecule has 1 heterocycles. The van der Waals surface area contributed by atoms with Crippen molar-refractivity contribution in [2.45, 2.75) is 0 Å². The number of nitrogens with zero attached hydrogens (tertiary/aromatic N) is 2. The molecule has 0 saturated carbocycles. The number of hydrogen-bond acceptors (Lipinski definition) is 5. The molecule has 8 heteroatoms. The molecule has 3 aromatic carbocycles. The van der Waals surface area contributed by atoms with Crippen LogP contribution in [0.25, 0.3) is 0 Å². The topological polar surface area (TPSA) is 82.1 Å². The normalized spacial score (nSPS) is 13.5. The van der Waals surface area contributed by atoms with Crippen molar-refractivity contribution in [3.8, 4) is 5.75 Å². The lowest BCUT2D eigenvalue weighted by molar-refractivity contribution is 0.0697. The van der Waals surface area contributed by atoms with Gasteiger partial charge in [0.15, 0.2) is 0 Å². The summed E-state index contributed by atoms with van der Waals surface area (Å²) in [5.74, 6) is -0.715. The molecule has 7 nitrogen and oxygen atoms in total. The lowest BCUT2D eigenvalue weighted by Gasteiger charge is -2.38. The fraction of sp³-hybridized carbons (Fsp3) is 0.200. The average Bonchev–Trinajstić information content (AvgIpc) is 2.84. The number of methoxy groups -OCH3 is 1. The van der Waals surface area contributed by atoms with Crippen molar-refractivity contribution < 1.29 is 19.4 Å². The van der Waals surface area contributed by atoms with Crippen molar-refractivity contribution in [2.75, 3.05) is 48.4 Å². The van der Waals surface area contributed by atoms with E-state index in [1.54, 1.807) is 43.5 Å². The van der Waals surface area contributed by atoms with Gasteiger partial charge in [0.25, 0.3) is 5.91 Å². The number of halogens is 1. The Hall–Kier alpha value is -3.71. The molecule has 3 aromatic rings. The first-order valence-electron chi connectivity index (χ1n) is 10.5. The highest BCUT2D eigenvalue weighted by Crippen LogP contribution is 2.29. The first-order valence-corrected chi connectivity index (χ1v) is 10.9. The molecule has 0 aromatic heterocycles. The molecule has 0 spiro atoms. The van der Waals surface area contributed by atoms with Crippen LogP contribution in [0.15, 0.2) is 66.7 Å². The van der Waals surface area contributed by atoms with Gasteiger partial charge in [0.1, 0.15) is 5.75 Å². The summed E-state index contributed by atoms with van der Waals surface area (Å²) in [6.45, 7) is 2.75. The minimum absolute atomic E-state index is 0.147. The van der Waals surface area contributed by atoms with Crippen LogP contribution in [0.5, 0.6) is 5.75 Å². The van der Waals surface area contributed by atoms with E-state index < -0.39 is 5.97 Å². The molecule has 1 saturated heterocycles. The van der Waals surface area contributed by atoms with Crippen LogP contribution in [-0.2, 0) is 0 Å². The number of benzene rings is 3. The van der Waals surface area contributed by atoms with Crippen molar-refractivity contribution in [1.29, 1.82) is 0 Å². The number of ether oxygens (including phenoxy) is 1. The number of carboxylic acid groups (broad SMARTS) is 1. The molecule has 170 valence electrons. The van der Waals surface area contributed by atoms with Gasteiger partial charge in [0.05, 0.1) is 29.1 Å². The third-order valence-corrected chi connectivity index (χ3v) is 5.97. The van der Waals surface area contributed by atoms with Gasteiger partial charge in [0, 0.05) is 37.4 Å². The summed E-state index contributed by atoms with van der Waals surface area (Å²) in [7, 11) is 1.56. The Morgan fingerprint density at radius 2 is 1.55 bits per heavy atom. The highest BCUT2D eigenvalue weighted by atomic mass is 35.5. The summed E-state index contributed by atoms with van der Waals surface area (Å²) < 4.78 is 5.11. The van der Waals surface area contributed by atoms with Crippen LogP contribution in [-0.4, -0.2) is 50.3 Å². The second-order valence-electron chi connectivity index (χ2n) is 7.65. The van der Waals surface area contributed by atoms with Crippen LogP contribution < -0.4 is 19.9 Å². The predicted molar refractivity (Wildman–Crippen MR) is 130 cm³/mol. The zero-order chi connectivity index (χ0) is 23.4. The predicted octanol–water partition coefficient (Wildman–Crippen LogP) is 4.63. The Balaban J connectivity index is 1.48. The van der Waals surface area contributed by atoms with Gasteiger partial charge in [-0.25, -0.2) is 4.79 Å². The Morgan fingerprint density at radius 3 is 2.15 bits per heavy atom. The molecule has 0 atom stereocenters. The van der Waals surface area contributed by atoms with Gasteiger partial charge in [-0.05, 0) is 54.6 Å². The number of amides is 1. The van der Waals surface area contributed by atoms with E-state index >= 15 is 0 Å². The average molecular weight is 466 g/mol. The second-order valence-corrected chi connectivity index (χ2v) is 8.05. The molecular weight excluding hydrogens is 442 g/mol. The molecule has 33 heavy (non-hydrogen) atoms. The van der Waals surface area contributed by atoms with Crippen LogP contribution >= 0.6 is 11.6 Å². The minimum atomic E-state index is -1.04. The Bertz CT molecular complexity index is 1160. The Kier molecular flexibility index (Phi) is 6.70. The molecule has 1 amide bonds. The van der Waals surface area contributed by atoms with Crippen molar-refractivity contribution >= 4 is 40.5 Å². The monoisotopic (exact) mass is 465 g/mol.